The van der Waals surface area contributed by atoms with Crippen LogP contribution in [-0.2, 0) is 4.74 Å². The Bertz CT molecular complexity index is 253. The molecule has 1 aromatic heterocycles. The second-order valence-electron chi connectivity index (χ2n) is 3.53. The topological polar surface area (TPSA) is 61.0 Å². The average molecular weight is 195 g/mol. The third-order valence-electron chi connectivity index (χ3n) is 2.07. The molecular formula is C10H17N3O. The SMILES string of the molecule is COCC(C)CC(N)c1cnccn1. The van der Waals surface area contributed by atoms with Crippen LogP contribution in [0.3, 0.4) is 0 Å². The first-order valence-electron chi connectivity index (χ1n) is 4.74. The van der Waals surface area contributed by atoms with Crippen LogP contribution in [-0.4, -0.2) is 23.7 Å². The Hall–Kier alpha value is -1.00. The van der Waals surface area contributed by atoms with Crippen LogP contribution in [0.4, 0.5) is 0 Å². The molecule has 0 spiro atoms. The summed E-state index contributed by atoms with van der Waals surface area (Å²) in [6, 6.07) is -0.0474. The Balaban J connectivity index is 2.46. The number of ether oxygens (including phenoxy) is 1. The van der Waals surface area contributed by atoms with Crippen LogP contribution in [0.1, 0.15) is 25.1 Å². The molecule has 2 unspecified atom stereocenters. The Morgan fingerprint density at radius 2 is 2.29 bits per heavy atom. The molecule has 0 radical (unpaired) electrons. The zero-order chi connectivity index (χ0) is 10.4. The van der Waals surface area contributed by atoms with Gasteiger partial charge in [0.05, 0.1) is 5.69 Å². The van der Waals surface area contributed by atoms with E-state index in [0.717, 1.165) is 18.7 Å². The highest BCUT2D eigenvalue weighted by Gasteiger charge is 2.11. The maximum absolute atomic E-state index is 5.97. The van der Waals surface area contributed by atoms with Crippen molar-refractivity contribution in [2.75, 3.05) is 13.7 Å². The van der Waals surface area contributed by atoms with E-state index in [9.17, 15) is 0 Å². The fourth-order valence-corrected chi connectivity index (χ4v) is 1.41. The molecule has 0 saturated carbocycles. The van der Waals surface area contributed by atoms with Crippen molar-refractivity contribution >= 4 is 0 Å². The van der Waals surface area contributed by atoms with Gasteiger partial charge in [-0.15, -0.1) is 0 Å². The van der Waals surface area contributed by atoms with Gasteiger partial charge in [0.25, 0.3) is 0 Å². The van der Waals surface area contributed by atoms with Gasteiger partial charge < -0.3 is 10.5 Å². The molecule has 14 heavy (non-hydrogen) atoms. The van der Waals surface area contributed by atoms with Gasteiger partial charge in [0.1, 0.15) is 0 Å². The predicted molar refractivity (Wildman–Crippen MR) is 54.6 cm³/mol. The Labute approximate surface area is 84.5 Å². The number of rotatable bonds is 5. The zero-order valence-electron chi connectivity index (χ0n) is 8.68. The Kier molecular flexibility index (Phi) is 4.49. The van der Waals surface area contributed by atoms with Crippen LogP contribution < -0.4 is 5.73 Å². The Morgan fingerprint density at radius 1 is 1.50 bits per heavy atom. The summed E-state index contributed by atoms with van der Waals surface area (Å²) in [5.74, 6) is 0.442. The van der Waals surface area contributed by atoms with E-state index >= 15 is 0 Å². The molecule has 78 valence electrons. The summed E-state index contributed by atoms with van der Waals surface area (Å²) in [5.41, 5.74) is 6.81. The van der Waals surface area contributed by atoms with E-state index in [4.69, 9.17) is 10.5 Å². The van der Waals surface area contributed by atoms with Gasteiger partial charge in [-0.25, -0.2) is 0 Å². The molecule has 1 heterocycles. The number of aromatic nitrogens is 2. The van der Waals surface area contributed by atoms with Crippen LogP contribution in [0, 0.1) is 5.92 Å². The van der Waals surface area contributed by atoms with Crippen molar-refractivity contribution in [3.8, 4) is 0 Å². The van der Waals surface area contributed by atoms with Crippen molar-refractivity contribution in [3.05, 3.63) is 24.3 Å². The van der Waals surface area contributed by atoms with Crippen LogP contribution in [0.15, 0.2) is 18.6 Å². The maximum Gasteiger partial charge on any atom is 0.0753 e. The summed E-state index contributed by atoms with van der Waals surface area (Å²) >= 11 is 0. The van der Waals surface area contributed by atoms with Crippen molar-refractivity contribution in [3.63, 3.8) is 0 Å². The van der Waals surface area contributed by atoms with Gasteiger partial charge >= 0.3 is 0 Å². The molecule has 0 bridgehead atoms. The van der Waals surface area contributed by atoms with E-state index < -0.39 is 0 Å². The zero-order valence-corrected chi connectivity index (χ0v) is 8.68. The van der Waals surface area contributed by atoms with Crippen molar-refractivity contribution < 1.29 is 4.74 Å². The molecule has 0 aliphatic heterocycles. The minimum absolute atomic E-state index is 0.0474. The summed E-state index contributed by atoms with van der Waals surface area (Å²) in [6.07, 6.45) is 5.89. The first-order chi connectivity index (χ1) is 6.74. The number of hydrogen-bond acceptors (Lipinski definition) is 4. The lowest BCUT2D eigenvalue weighted by molar-refractivity contribution is 0.152. The van der Waals surface area contributed by atoms with Crippen molar-refractivity contribution in [1.29, 1.82) is 0 Å². The monoisotopic (exact) mass is 195 g/mol. The second kappa shape index (κ2) is 5.67. The van der Waals surface area contributed by atoms with Crippen LogP contribution >= 0.6 is 0 Å². The quantitative estimate of drug-likeness (QED) is 0.765. The number of methoxy groups -OCH3 is 1. The van der Waals surface area contributed by atoms with Crippen LogP contribution in [0.5, 0.6) is 0 Å². The molecule has 4 nitrogen and oxygen atoms in total. The molecule has 4 heteroatoms. The molecule has 1 aromatic rings. The highest BCUT2D eigenvalue weighted by molar-refractivity contribution is 5.01. The van der Waals surface area contributed by atoms with Gasteiger partial charge in [-0.3, -0.25) is 9.97 Å². The molecule has 2 atom stereocenters. The van der Waals surface area contributed by atoms with Crippen LogP contribution in [0.25, 0.3) is 0 Å². The largest absolute Gasteiger partial charge is 0.384 e. The molecule has 2 N–H and O–H groups in total. The lowest BCUT2D eigenvalue weighted by atomic mass is 10.0. The summed E-state index contributed by atoms with van der Waals surface area (Å²) < 4.78 is 5.05. The molecule has 0 aromatic carbocycles. The summed E-state index contributed by atoms with van der Waals surface area (Å²) in [4.78, 5) is 8.15. The van der Waals surface area contributed by atoms with Crippen molar-refractivity contribution in [1.82, 2.24) is 9.97 Å². The second-order valence-corrected chi connectivity index (χ2v) is 3.53. The lowest BCUT2D eigenvalue weighted by Crippen LogP contribution is -2.17. The van der Waals surface area contributed by atoms with Crippen LogP contribution in [0.2, 0.25) is 0 Å². The highest BCUT2D eigenvalue weighted by Crippen LogP contribution is 2.15. The van der Waals surface area contributed by atoms with Gasteiger partial charge in [-0.2, -0.15) is 0 Å². The molecule has 0 aliphatic carbocycles. The van der Waals surface area contributed by atoms with Gasteiger partial charge in [0.15, 0.2) is 0 Å². The average Bonchev–Trinajstić information content (AvgIpc) is 2.19. The van der Waals surface area contributed by atoms with Gasteiger partial charge in [-0.1, -0.05) is 6.92 Å². The summed E-state index contributed by atoms with van der Waals surface area (Å²) in [6.45, 7) is 2.84. The van der Waals surface area contributed by atoms with E-state index in [2.05, 4.69) is 16.9 Å². The molecule has 0 aliphatic rings. The third-order valence-corrected chi connectivity index (χ3v) is 2.07. The van der Waals surface area contributed by atoms with Crippen molar-refractivity contribution in [2.45, 2.75) is 19.4 Å². The minimum Gasteiger partial charge on any atom is -0.384 e. The summed E-state index contributed by atoms with van der Waals surface area (Å²) in [7, 11) is 1.70. The highest BCUT2D eigenvalue weighted by atomic mass is 16.5. The van der Waals surface area contributed by atoms with Gasteiger partial charge in [0, 0.05) is 38.3 Å². The summed E-state index contributed by atoms with van der Waals surface area (Å²) in [5, 5.41) is 0. The lowest BCUT2D eigenvalue weighted by Gasteiger charge is -2.15. The molecular weight excluding hydrogens is 178 g/mol. The smallest absolute Gasteiger partial charge is 0.0753 e. The van der Waals surface area contributed by atoms with E-state index in [1.54, 1.807) is 25.7 Å². The normalized spacial score (nSPS) is 15.1. The standard InChI is InChI=1S/C10H17N3O/c1-8(7-14-2)5-9(11)10-6-12-3-4-13-10/h3-4,6,8-9H,5,7,11H2,1-2H3. The number of nitrogens with two attached hydrogens (primary N) is 1. The Morgan fingerprint density at radius 3 is 2.86 bits per heavy atom. The van der Waals surface area contributed by atoms with E-state index in [0.29, 0.717) is 5.92 Å². The first kappa shape index (κ1) is 11.1. The van der Waals surface area contributed by atoms with E-state index in [1.165, 1.54) is 0 Å². The van der Waals surface area contributed by atoms with Crippen molar-refractivity contribution in [2.24, 2.45) is 11.7 Å². The fourth-order valence-electron chi connectivity index (χ4n) is 1.41. The maximum atomic E-state index is 5.97. The van der Waals surface area contributed by atoms with E-state index in [1.807, 2.05) is 0 Å². The minimum atomic E-state index is -0.0474. The molecule has 1 rings (SSSR count). The van der Waals surface area contributed by atoms with Gasteiger partial charge in [-0.05, 0) is 12.3 Å². The number of hydrogen-bond donors (Lipinski definition) is 1. The first-order valence-corrected chi connectivity index (χ1v) is 4.74. The van der Waals surface area contributed by atoms with Gasteiger partial charge in [0.2, 0.25) is 0 Å². The predicted octanol–water partition coefficient (Wildman–Crippen LogP) is 1.15. The molecule has 0 amide bonds. The molecule has 0 saturated heterocycles. The third kappa shape index (κ3) is 3.40. The number of nitrogens with zero attached hydrogens (tertiary/aromatic N) is 2. The van der Waals surface area contributed by atoms with E-state index in [-0.39, 0.29) is 6.04 Å². The fraction of sp³-hybridized carbons (Fsp3) is 0.600. The molecule has 0 fully saturated rings.